The van der Waals surface area contributed by atoms with Gasteiger partial charge in [0.1, 0.15) is 0 Å². The molecule has 0 aliphatic carbocycles. The predicted molar refractivity (Wildman–Crippen MR) is 76.2 cm³/mol. The second-order valence-corrected chi connectivity index (χ2v) is 4.49. The Hall–Kier alpha value is -2.56. The molecule has 0 saturated heterocycles. The number of hydrogen-bond acceptors (Lipinski definition) is 2. The molecule has 1 N–H and O–H groups in total. The highest BCUT2D eigenvalue weighted by atomic mass is 19.2. The van der Waals surface area contributed by atoms with E-state index in [9.17, 15) is 13.6 Å². The average molecular weight is 288 g/mol. The van der Waals surface area contributed by atoms with Crippen LogP contribution < -0.4 is 5.32 Å². The Labute approximate surface area is 121 Å². The first kappa shape index (κ1) is 14.8. The Morgan fingerprint density at radius 2 is 2.05 bits per heavy atom. The van der Waals surface area contributed by atoms with E-state index in [1.807, 2.05) is 6.07 Å². The molecule has 5 heteroatoms. The molecule has 3 nitrogen and oxygen atoms in total. The van der Waals surface area contributed by atoms with Gasteiger partial charge in [0.05, 0.1) is 11.7 Å². The molecule has 1 aromatic carbocycles. The summed E-state index contributed by atoms with van der Waals surface area (Å²) in [7, 11) is 0. The van der Waals surface area contributed by atoms with Gasteiger partial charge in [0.15, 0.2) is 11.6 Å². The lowest BCUT2D eigenvalue weighted by Gasteiger charge is -2.13. The van der Waals surface area contributed by atoms with Gasteiger partial charge in [-0.2, -0.15) is 0 Å². The van der Waals surface area contributed by atoms with Gasteiger partial charge in [-0.15, -0.1) is 0 Å². The molecular formula is C16H14F2N2O. The number of nitrogens with one attached hydrogen (secondary N) is 1. The van der Waals surface area contributed by atoms with Gasteiger partial charge < -0.3 is 5.32 Å². The van der Waals surface area contributed by atoms with E-state index in [0.717, 1.165) is 12.1 Å². The molecule has 1 unspecified atom stereocenters. The summed E-state index contributed by atoms with van der Waals surface area (Å²) in [6.45, 7) is 1.69. The van der Waals surface area contributed by atoms with Gasteiger partial charge in [0, 0.05) is 12.3 Å². The molecule has 2 rings (SSSR count). The normalized spacial score (nSPS) is 12.3. The van der Waals surface area contributed by atoms with Gasteiger partial charge in [0.25, 0.3) is 0 Å². The van der Waals surface area contributed by atoms with Gasteiger partial charge in [-0.1, -0.05) is 12.1 Å². The van der Waals surface area contributed by atoms with Crippen molar-refractivity contribution in [1.82, 2.24) is 10.3 Å². The quantitative estimate of drug-likeness (QED) is 0.877. The van der Waals surface area contributed by atoms with E-state index in [-0.39, 0.29) is 5.91 Å². The highest BCUT2D eigenvalue weighted by Crippen LogP contribution is 2.15. The maximum absolute atomic E-state index is 13.1. The molecule has 1 atom stereocenters. The number of rotatable bonds is 4. The van der Waals surface area contributed by atoms with Crippen molar-refractivity contribution in [2.45, 2.75) is 13.0 Å². The summed E-state index contributed by atoms with van der Waals surface area (Å²) in [5.41, 5.74) is 1.15. The molecule has 0 bridgehead atoms. The van der Waals surface area contributed by atoms with E-state index in [2.05, 4.69) is 10.3 Å². The summed E-state index contributed by atoms with van der Waals surface area (Å²) in [5.74, 6) is -2.18. The lowest BCUT2D eigenvalue weighted by atomic mass is 10.1. The fourth-order valence-corrected chi connectivity index (χ4v) is 1.76. The van der Waals surface area contributed by atoms with Crippen LogP contribution in [0.15, 0.2) is 48.7 Å². The van der Waals surface area contributed by atoms with Crippen LogP contribution in [0, 0.1) is 11.6 Å². The van der Waals surface area contributed by atoms with Crippen molar-refractivity contribution in [3.05, 3.63) is 71.6 Å². The summed E-state index contributed by atoms with van der Waals surface area (Å²) in [4.78, 5) is 15.8. The Morgan fingerprint density at radius 1 is 1.24 bits per heavy atom. The summed E-state index contributed by atoms with van der Waals surface area (Å²) in [6, 6.07) is 8.48. The monoisotopic (exact) mass is 288 g/mol. The molecule has 0 saturated carbocycles. The van der Waals surface area contributed by atoms with Crippen LogP contribution in [0.3, 0.4) is 0 Å². The first-order chi connectivity index (χ1) is 10.1. The second-order valence-electron chi connectivity index (χ2n) is 4.49. The molecule has 1 heterocycles. The van der Waals surface area contributed by atoms with Crippen molar-refractivity contribution in [2.24, 2.45) is 0 Å². The Morgan fingerprint density at radius 3 is 2.71 bits per heavy atom. The van der Waals surface area contributed by atoms with Crippen LogP contribution in [-0.4, -0.2) is 10.9 Å². The molecule has 2 aromatic rings. The third kappa shape index (κ3) is 4.21. The minimum atomic E-state index is -0.933. The number of pyridine rings is 1. The molecule has 0 radical (unpaired) electrons. The zero-order valence-electron chi connectivity index (χ0n) is 11.4. The number of halogens is 2. The number of carbonyl (C=O) groups is 1. The number of carbonyl (C=O) groups excluding carboxylic acids is 1. The largest absolute Gasteiger partial charge is 0.346 e. The van der Waals surface area contributed by atoms with Gasteiger partial charge >= 0.3 is 0 Å². The molecule has 0 spiro atoms. The van der Waals surface area contributed by atoms with E-state index < -0.39 is 17.7 Å². The third-order valence-electron chi connectivity index (χ3n) is 2.90. The van der Waals surface area contributed by atoms with Crippen molar-refractivity contribution in [2.75, 3.05) is 0 Å². The van der Waals surface area contributed by atoms with Gasteiger partial charge in [0.2, 0.25) is 5.91 Å². The van der Waals surface area contributed by atoms with Gasteiger partial charge in [-0.3, -0.25) is 9.78 Å². The molecular weight excluding hydrogens is 274 g/mol. The van der Waals surface area contributed by atoms with Crippen LogP contribution in [0.1, 0.15) is 24.2 Å². The van der Waals surface area contributed by atoms with Crippen LogP contribution >= 0.6 is 0 Å². The SMILES string of the molecule is CC(NC(=O)/C=C/c1ccccn1)c1ccc(F)c(F)c1. The van der Waals surface area contributed by atoms with E-state index in [1.54, 1.807) is 31.3 Å². The number of aromatic nitrogens is 1. The molecule has 108 valence electrons. The summed E-state index contributed by atoms with van der Waals surface area (Å²) >= 11 is 0. The van der Waals surface area contributed by atoms with Gasteiger partial charge in [-0.05, 0) is 42.8 Å². The zero-order valence-corrected chi connectivity index (χ0v) is 11.4. The van der Waals surface area contributed by atoms with Crippen LogP contribution in [0.5, 0.6) is 0 Å². The van der Waals surface area contributed by atoms with Crippen LogP contribution in [0.25, 0.3) is 6.08 Å². The Bertz CT molecular complexity index is 657. The number of hydrogen-bond donors (Lipinski definition) is 1. The first-order valence-electron chi connectivity index (χ1n) is 6.41. The van der Waals surface area contributed by atoms with E-state index in [1.165, 1.54) is 12.1 Å². The Kier molecular flexibility index (Phi) is 4.77. The highest BCUT2D eigenvalue weighted by molar-refractivity contribution is 5.91. The van der Waals surface area contributed by atoms with E-state index >= 15 is 0 Å². The standard InChI is InChI=1S/C16H14F2N2O/c1-11(12-5-7-14(17)15(18)10-12)20-16(21)8-6-13-4-2-3-9-19-13/h2-11H,1H3,(H,20,21)/b8-6+. The Balaban J connectivity index is 1.99. The molecule has 0 aliphatic rings. The predicted octanol–water partition coefficient (Wildman–Crippen LogP) is 3.25. The first-order valence-corrected chi connectivity index (χ1v) is 6.41. The maximum Gasteiger partial charge on any atom is 0.244 e. The van der Waals surface area contributed by atoms with Crippen LogP contribution in [-0.2, 0) is 4.79 Å². The molecule has 1 amide bonds. The van der Waals surface area contributed by atoms with Crippen molar-refractivity contribution in [3.8, 4) is 0 Å². The smallest absolute Gasteiger partial charge is 0.244 e. The molecule has 0 fully saturated rings. The molecule has 0 aliphatic heterocycles. The summed E-state index contributed by atoms with van der Waals surface area (Å²) < 4.78 is 26.0. The van der Waals surface area contributed by atoms with Crippen LogP contribution in [0.2, 0.25) is 0 Å². The number of nitrogens with zero attached hydrogens (tertiary/aromatic N) is 1. The van der Waals surface area contributed by atoms with Crippen molar-refractivity contribution < 1.29 is 13.6 Å². The lowest BCUT2D eigenvalue weighted by molar-refractivity contribution is -0.117. The second kappa shape index (κ2) is 6.74. The van der Waals surface area contributed by atoms with Crippen molar-refractivity contribution >= 4 is 12.0 Å². The number of amides is 1. The summed E-state index contributed by atoms with van der Waals surface area (Å²) in [6.07, 6.45) is 4.55. The maximum atomic E-state index is 13.1. The fourth-order valence-electron chi connectivity index (χ4n) is 1.76. The fraction of sp³-hybridized carbons (Fsp3) is 0.125. The van der Waals surface area contributed by atoms with Crippen molar-refractivity contribution in [1.29, 1.82) is 0 Å². The highest BCUT2D eigenvalue weighted by Gasteiger charge is 2.10. The lowest BCUT2D eigenvalue weighted by Crippen LogP contribution is -2.24. The minimum absolute atomic E-state index is 0.335. The third-order valence-corrected chi connectivity index (χ3v) is 2.90. The average Bonchev–Trinajstić information content (AvgIpc) is 2.49. The van der Waals surface area contributed by atoms with E-state index in [0.29, 0.717) is 11.3 Å². The summed E-state index contributed by atoms with van der Waals surface area (Å²) in [5, 5.41) is 2.67. The van der Waals surface area contributed by atoms with E-state index in [4.69, 9.17) is 0 Å². The zero-order chi connectivity index (χ0) is 15.2. The topological polar surface area (TPSA) is 42.0 Å². The minimum Gasteiger partial charge on any atom is -0.346 e. The van der Waals surface area contributed by atoms with Gasteiger partial charge in [-0.25, -0.2) is 8.78 Å². The van der Waals surface area contributed by atoms with Crippen molar-refractivity contribution in [3.63, 3.8) is 0 Å². The molecule has 21 heavy (non-hydrogen) atoms. The van der Waals surface area contributed by atoms with Crippen LogP contribution in [0.4, 0.5) is 8.78 Å². The number of benzene rings is 1. The molecule has 1 aromatic heterocycles.